The number of carbonyl (C=O) groups is 1. The number of amides is 1. The number of anilines is 1. The largest absolute Gasteiger partial charge is 0.497 e. The molecule has 2 heterocycles. The van der Waals surface area contributed by atoms with E-state index in [1.165, 1.54) is 6.26 Å². The molecule has 1 amide bonds. The van der Waals surface area contributed by atoms with Crippen molar-refractivity contribution in [3.05, 3.63) is 53.7 Å². The first-order chi connectivity index (χ1) is 15.7. The molecule has 4 rings (SSSR count). The molecule has 0 saturated carbocycles. The number of piperidine rings is 1. The van der Waals surface area contributed by atoms with E-state index in [9.17, 15) is 13.2 Å². The normalized spacial score (nSPS) is 16.6. The first kappa shape index (κ1) is 23.0. The quantitative estimate of drug-likeness (QED) is 0.594. The highest BCUT2D eigenvalue weighted by molar-refractivity contribution is 7.90. The summed E-state index contributed by atoms with van der Waals surface area (Å²) in [5.74, 6) is 1.11. The second-order valence-electron chi connectivity index (χ2n) is 8.41. The minimum atomic E-state index is -3.33. The van der Waals surface area contributed by atoms with Gasteiger partial charge in [-0.25, -0.2) is 18.4 Å². The topological polar surface area (TPSA) is 101 Å². The van der Waals surface area contributed by atoms with Gasteiger partial charge in [-0.05, 0) is 55.7 Å². The van der Waals surface area contributed by atoms with Gasteiger partial charge < -0.3 is 15.0 Å². The van der Waals surface area contributed by atoms with Crippen molar-refractivity contribution < 1.29 is 17.9 Å². The zero-order valence-electron chi connectivity index (χ0n) is 19.0. The number of hydrogen-bond acceptors (Lipinski definition) is 7. The molecular weight excluding hydrogens is 440 g/mol. The summed E-state index contributed by atoms with van der Waals surface area (Å²) < 4.78 is 29.2. The molecule has 0 unspecified atom stereocenters. The molecule has 8 nitrogen and oxygen atoms in total. The molecule has 0 spiro atoms. The SMILES string of the molecule is COc1cccc(CNC(=O)[C@H]2CCCN(c3nc(C)c4ccc(S(C)(=O)=O)cc4n3)C2)c1. The standard InChI is InChI=1S/C24H28N4O4S/c1-16-21-10-9-20(33(3,30)31)13-22(21)27-24(26-16)28-11-5-7-18(15-28)23(29)25-14-17-6-4-8-19(12-17)32-2/h4,6,8-10,12-13,18H,5,7,11,14-15H2,1-3H3,(H,25,29)/t18-/m0/s1. The van der Waals surface area contributed by atoms with Crippen LogP contribution in [0.2, 0.25) is 0 Å². The maximum Gasteiger partial charge on any atom is 0.226 e. The third kappa shape index (κ3) is 5.24. The van der Waals surface area contributed by atoms with Crippen molar-refractivity contribution in [3.63, 3.8) is 0 Å². The summed E-state index contributed by atoms with van der Waals surface area (Å²) in [6.07, 6.45) is 2.83. The van der Waals surface area contributed by atoms with Crippen molar-refractivity contribution in [3.8, 4) is 5.75 Å². The molecule has 1 aliphatic rings. The van der Waals surface area contributed by atoms with Crippen molar-refractivity contribution in [1.82, 2.24) is 15.3 Å². The minimum Gasteiger partial charge on any atom is -0.497 e. The molecule has 0 aliphatic carbocycles. The van der Waals surface area contributed by atoms with Gasteiger partial charge in [0, 0.05) is 31.3 Å². The minimum absolute atomic E-state index is 0.000561. The Hall–Kier alpha value is -3.20. The van der Waals surface area contributed by atoms with Gasteiger partial charge in [-0.3, -0.25) is 4.79 Å². The van der Waals surface area contributed by atoms with Gasteiger partial charge in [-0.1, -0.05) is 12.1 Å². The molecular formula is C24H28N4O4S. The van der Waals surface area contributed by atoms with Crippen molar-refractivity contribution in [2.24, 2.45) is 5.92 Å². The Labute approximate surface area is 193 Å². The number of fused-ring (bicyclic) bond motifs is 1. The molecule has 174 valence electrons. The first-order valence-electron chi connectivity index (χ1n) is 10.9. The third-order valence-electron chi connectivity index (χ3n) is 5.95. The van der Waals surface area contributed by atoms with E-state index in [0.717, 1.165) is 41.8 Å². The number of rotatable bonds is 6. The number of methoxy groups -OCH3 is 1. The lowest BCUT2D eigenvalue weighted by Crippen LogP contribution is -2.43. The first-order valence-corrected chi connectivity index (χ1v) is 12.8. The molecule has 9 heteroatoms. The van der Waals surface area contributed by atoms with Crippen LogP contribution in [-0.2, 0) is 21.2 Å². The molecule has 1 aromatic heterocycles. The van der Waals surface area contributed by atoms with Crippen LogP contribution in [0, 0.1) is 12.8 Å². The predicted molar refractivity (Wildman–Crippen MR) is 127 cm³/mol. The van der Waals surface area contributed by atoms with Crippen LogP contribution < -0.4 is 15.0 Å². The fraction of sp³-hybridized carbons (Fsp3) is 0.375. The fourth-order valence-electron chi connectivity index (χ4n) is 4.11. The van der Waals surface area contributed by atoms with Gasteiger partial charge in [0.15, 0.2) is 9.84 Å². The number of aryl methyl sites for hydroxylation is 1. The van der Waals surface area contributed by atoms with Crippen LogP contribution in [-0.4, -0.2) is 50.7 Å². The van der Waals surface area contributed by atoms with Crippen LogP contribution in [0.5, 0.6) is 5.75 Å². The number of nitrogens with zero attached hydrogens (tertiary/aromatic N) is 3. The zero-order chi connectivity index (χ0) is 23.6. The zero-order valence-corrected chi connectivity index (χ0v) is 19.9. The summed E-state index contributed by atoms with van der Waals surface area (Å²) in [5, 5.41) is 3.84. The Bertz CT molecular complexity index is 1290. The van der Waals surface area contributed by atoms with E-state index in [1.807, 2.05) is 36.1 Å². The smallest absolute Gasteiger partial charge is 0.226 e. The van der Waals surface area contributed by atoms with Crippen LogP contribution in [0.25, 0.3) is 10.9 Å². The Morgan fingerprint density at radius 1 is 1.21 bits per heavy atom. The summed E-state index contributed by atoms with van der Waals surface area (Å²) in [6.45, 7) is 3.58. The second kappa shape index (κ2) is 9.35. The summed E-state index contributed by atoms with van der Waals surface area (Å²) >= 11 is 0. The summed E-state index contributed by atoms with van der Waals surface area (Å²) in [6, 6.07) is 12.5. The average Bonchev–Trinajstić information content (AvgIpc) is 2.81. The Morgan fingerprint density at radius 2 is 2.03 bits per heavy atom. The van der Waals surface area contributed by atoms with E-state index in [0.29, 0.717) is 24.6 Å². The lowest BCUT2D eigenvalue weighted by atomic mass is 9.97. The molecule has 0 radical (unpaired) electrons. The van der Waals surface area contributed by atoms with Crippen LogP contribution in [0.1, 0.15) is 24.1 Å². The Morgan fingerprint density at radius 3 is 2.79 bits per heavy atom. The van der Waals surface area contributed by atoms with Gasteiger partial charge >= 0.3 is 0 Å². The Kier molecular flexibility index (Phi) is 6.51. The van der Waals surface area contributed by atoms with E-state index in [-0.39, 0.29) is 16.7 Å². The van der Waals surface area contributed by atoms with Gasteiger partial charge in [0.05, 0.1) is 29.1 Å². The van der Waals surface area contributed by atoms with Gasteiger partial charge in [-0.2, -0.15) is 0 Å². The molecule has 2 aromatic carbocycles. The van der Waals surface area contributed by atoms with Crippen LogP contribution in [0.15, 0.2) is 47.4 Å². The monoisotopic (exact) mass is 468 g/mol. The number of ether oxygens (including phenoxy) is 1. The number of hydrogen-bond donors (Lipinski definition) is 1. The molecule has 1 aliphatic heterocycles. The van der Waals surface area contributed by atoms with E-state index < -0.39 is 9.84 Å². The molecule has 1 N–H and O–H groups in total. The third-order valence-corrected chi connectivity index (χ3v) is 7.06. The summed E-state index contributed by atoms with van der Waals surface area (Å²) in [7, 11) is -1.72. The highest BCUT2D eigenvalue weighted by atomic mass is 32.2. The maximum atomic E-state index is 12.9. The van der Waals surface area contributed by atoms with Gasteiger partial charge in [0.2, 0.25) is 11.9 Å². The van der Waals surface area contributed by atoms with Crippen molar-refractivity contribution in [2.45, 2.75) is 31.2 Å². The van der Waals surface area contributed by atoms with Crippen LogP contribution in [0.3, 0.4) is 0 Å². The van der Waals surface area contributed by atoms with Crippen molar-refractivity contribution in [1.29, 1.82) is 0 Å². The van der Waals surface area contributed by atoms with Crippen LogP contribution >= 0.6 is 0 Å². The molecule has 1 atom stereocenters. The lowest BCUT2D eigenvalue weighted by Gasteiger charge is -2.32. The van der Waals surface area contributed by atoms with E-state index in [1.54, 1.807) is 25.3 Å². The lowest BCUT2D eigenvalue weighted by molar-refractivity contribution is -0.125. The highest BCUT2D eigenvalue weighted by Gasteiger charge is 2.27. The van der Waals surface area contributed by atoms with Gasteiger partial charge in [0.25, 0.3) is 0 Å². The van der Waals surface area contributed by atoms with Crippen LogP contribution in [0.4, 0.5) is 5.95 Å². The second-order valence-corrected chi connectivity index (χ2v) is 10.4. The number of carbonyl (C=O) groups excluding carboxylic acids is 1. The summed E-state index contributed by atoms with van der Waals surface area (Å²) in [4.78, 5) is 24.4. The van der Waals surface area contributed by atoms with Gasteiger partial charge in [-0.15, -0.1) is 0 Å². The van der Waals surface area contributed by atoms with Gasteiger partial charge in [0.1, 0.15) is 5.75 Å². The number of nitrogens with one attached hydrogen (secondary N) is 1. The number of sulfone groups is 1. The molecule has 33 heavy (non-hydrogen) atoms. The maximum absolute atomic E-state index is 12.9. The highest BCUT2D eigenvalue weighted by Crippen LogP contribution is 2.26. The molecule has 1 fully saturated rings. The predicted octanol–water partition coefficient (Wildman–Crippen LogP) is 2.88. The molecule has 3 aromatic rings. The van der Waals surface area contributed by atoms with E-state index in [2.05, 4.69) is 15.3 Å². The van der Waals surface area contributed by atoms with E-state index >= 15 is 0 Å². The molecule has 0 bridgehead atoms. The molecule has 1 saturated heterocycles. The van der Waals surface area contributed by atoms with Crippen molar-refractivity contribution >= 4 is 32.6 Å². The average molecular weight is 469 g/mol. The van der Waals surface area contributed by atoms with Crippen molar-refractivity contribution in [2.75, 3.05) is 31.4 Å². The van der Waals surface area contributed by atoms with E-state index in [4.69, 9.17) is 4.74 Å². The Balaban J connectivity index is 1.49. The fourth-order valence-corrected chi connectivity index (χ4v) is 4.75. The number of aromatic nitrogens is 2. The summed E-state index contributed by atoms with van der Waals surface area (Å²) in [5.41, 5.74) is 2.34. The number of benzene rings is 2.